The molecule has 2 aromatic rings. The minimum Gasteiger partial charge on any atom is -0.496 e. The summed E-state index contributed by atoms with van der Waals surface area (Å²) in [6.07, 6.45) is 5.12. The molecule has 1 heterocycles. The van der Waals surface area contributed by atoms with Crippen molar-refractivity contribution >= 4 is 39.8 Å². The van der Waals surface area contributed by atoms with E-state index in [1.54, 1.807) is 18.2 Å². The first-order chi connectivity index (χ1) is 12.9. The summed E-state index contributed by atoms with van der Waals surface area (Å²) in [6, 6.07) is 4.84. The number of carbonyl (C=O) groups is 2. The van der Waals surface area contributed by atoms with Crippen LogP contribution in [0.4, 0.5) is 5.00 Å². The molecule has 0 aliphatic heterocycles. The maximum Gasteiger partial charge on any atom is 0.260 e. The summed E-state index contributed by atoms with van der Waals surface area (Å²) >= 11 is 7.48. The summed E-state index contributed by atoms with van der Waals surface area (Å²) in [7, 11) is 1.49. The van der Waals surface area contributed by atoms with Crippen LogP contribution in [0.5, 0.6) is 5.75 Å². The fourth-order valence-corrected chi connectivity index (χ4v) is 5.22. The SMILES string of the molecule is CCC[C@H]1CCc2c(sc(NC(=O)c3cc(Cl)ccc3OC)c2C(N)=O)C1. The van der Waals surface area contributed by atoms with Crippen LogP contribution in [0.15, 0.2) is 18.2 Å². The standard InChI is InChI=1S/C20H23ClN2O3S/c1-3-4-11-5-7-13-16(9-11)27-20(17(13)18(22)24)23-19(25)14-10-12(21)6-8-15(14)26-2/h6,8,10-11H,3-5,7,9H2,1-2H3,(H2,22,24)(H,23,25)/t11-/m0/s1. The van der Waals surface area contributed by atoms with Crippen LogP contribution in [0.1, 0.15) is 57.3 Å². The van der Waals surface area contributed by atoms with Gasteiger partial charge in [0, 0.05) is 9.90 Å². The van der Waals surface area contributed by atoms with Gasteiger partial charge < -0.3 is 15.8 Å². The molecule has 1 aromatic carbocycles. The van der Waals surface area contributed by atoms with Gasteiger partial charge in [-0.05, 0) is 48.9 Å². The Balaban J connectivity index is 1.92. The molecule has 0 saturated heterocycles. The molecular formula is C20H23ClN2O3S. The molecule has 3 N–H and O–H groups in total. The Kier molecular flexibility index (Phi) is 6.07. The normalized spacial score (nSPS) is 15.9. The zero-order chi connectivity index (χ0) is 19.6. The lowest BCUT2D eigenvalue weighted by Gasteiger charge is -2.21. The molecule has 2 amide bonds. The Morgan fingerprint density at radius 3 is 2.85 bits per heavy atom. The predicted molar refractivity (Wildman–Crippen MR) is 109 cm³/mol. The van der Waals surface area contributed by atoms with Crippen LogP contribution >= 0.6 is 22.9 Å². The molecule has 27 heavy (non-hydrogen) atoms. The predicted octanol–water partition coefficient (Wildman–Crippen LogP) is 4.67. The number of rotatable bonds is 6. The molecule has 1 aliphatic rings. The van der Waals surface area contributed by atoms with E-state index >= 15 is 0 Å². The minimum atomic E-state index is -0.505. The lowest BCUT2D eigenvalue weighted by molar-refractivity contribution is 0.1000. The number of nitrogens with two attached hydrogens (primary N) is 1. The van der Waals surface area contributed by atoms with E-state index in [4.69, 9.17) is 22.1 Å². The zero-order valence-corrected chi connectivity index (χ0v) is 17.0. The third kappa shape index (κ3) is 4.12. The van der Waals surface area contributed by atoms with Gasteiger partial charge in [0.15, 0.2) is 0 Å². The number of primary amides is 1. The van der Waals surface area contributed by atoms with Crippen molar-refractivity contribution in [3.8, 4) is 5.75 Å². The molecular weight excluding hydrogens is 384 g/mol. The Bertz CT molecular complexity index is 878. The largest absolute Gasteiger partial charge is 0.496 e. The fraction of sp³-hybridized carbons (Fsp3) is 0.400. The zero-order valence-electron chi connectivity index (χ0n) is 15.4. The topological polar surface area (TPSA) is 81.4 Å². The van der Waals surface area contributed by atoms with Crippen LogP contribution in [0, 0.1) is 5.92 Å². The third-order valence-electron chi connectivity index (χ3n) is 4.94. The van der Waals surface area contributed by atoms with Crippen molar-refractivity contribution in [3.05, 3.63) is 44.8 Å². The quantitative estimate of drug-likeness (QED) is 0.731. The Hall–Kier alpha value is -2.05. The lowest BCUT2D eigenvalue weighted by Crippen LogP contribution is -2.20. The highest BCUT2D eigenvalue weighted by molar-refractivity contribution is 7.17. The molecule has 1 aromatic heterocycles. The number of nitrogens with one attached hydrogen (secondary N) is 1. The average molecular weight is 407 g/mol. The van der Waals surface area contributed by atoms with E-state index in [0.29, 0.717) is 32.8 Å². The molecule has 1 atom stereocenters. The van der Waals surface area contributed by atoms with Gasteiger partial charge in [0.25, 0.3) is 11.8 Å². The first-order valence-corrected chi connectivity index (χ1v) is 10.2. The number of halogens is 1. The van der Waals surface area contributed by atoms with Gasteiger partial charge in [0.2, 0.25) is 0 Å². The number of fused-ring (bicyclic) bond motifs is 1. The highest BCUT2D eigenvalue weighted by atomic mass is 35.5. The number of amides is 2. The molecule has 0 spiro atoms. The summed E-state index contributed by atoms with van der Waals surface area (Å²) in [6.45, 7) is 2.18. The molecule has 3 rings (SSSR count). The Labute approximate surface area is 167 Å². The molecule has 1 aliphatic carbocycles. The van der Waals surface area contributed by atoms with Crippen molar-refractivity contribution in [2.75, 3.05) is 12.4 Å². The lowest BCUT2D eigenvalue weighted by atomic mass is 9.84. The molecule has 5 nitrogen and oxygen atoms in total. The van der Waals surface area contributed by atoms with Gasteiger partial charge in [-0.25, -0.2) is 0 Å². The fourth-order valence-electron chi connectivity index (χ4n) is 3.69. The Morgan fingerprint density at radius 2 is 2.19 bits per heavy atom. The number of methoxy groups -OCH3 is 1. The van der Waals surface area contributed by atoms with Gasteiger partial charge in [-0.1, -0.05) is 31.4 Å². The van der Waals surface area contributed by atoms with Gasteiger partial charge in [-0.3, -0.25) is 9.59 Å². The van der Waals surface area contributed by atoms with Crippen molar-refractivity contribution in [1.82, 2.24) is 0 Å². The monoisotopic (exact) mass is 406 g/mol. The molecule has 7 heteroatoms. The molecule has 0 radical (unpaired) electrons. The molecule has 0 saturated carbocycles. The number of ether oxygens (including phenoxy) is 1. The summed E-state index contributed by atoms with van der Waals surface area (Å²) < 4.78 is 5.25. The summed E-state index contributed by atoms with van der Waals surface area (Å²) in [5.41, 5.74) is 7.39. The van der Waals surface area contributed by atoms with E-state index in [9.17, 15) is 9.59 Å². The van der Waals surface area contributed by atoms with Crippen molar-refractivity contribution in [1.29, 1.82) is 0 Å². The van der Waals surface area contributed by atoms with E-state index in [2.05, 4.69) is 12.2 Å². The number of anilines is 1. The van der Waals surface area contributed by atoms with Crippen molar-refractivity contribution in [2.45, 2.75) is 39.0 Å². The first-order valence-electron chi connectivity index (χ1n) is 9.03. The van der Waals surface area contributed by atoms with Crippen molar-refractivity contribution in [2.24, 2.45) is 11.7 Å². The van der Waals surface area contributed by atoms with Crippen molar-refractivity contribution in [3.63, 3.8) is 0 Å². The average Bonchev–Trinajstić information content (AvgIpc) is 2.99. The second-order valence-electron chi connectivity index (χ2n) is 6.77. The summed E-state index contributed by atoms with van der Waals surface area (Å²) in [5.74, 6) is 0.163. The molecule has 0 fully saturated rings. The highest BCUT2D eigenvalue weighted by Gasteiger charge is 2.28. The van der Waals surface area contributed by atoms with E-state index in [-0.39, 0.29) is 5.91 Å². The van der Waals surface area contributed by atoms with E-state index in [1.807, 2.05) is 0 Å². The van der Waals surface area contributed by atoms with Crippen LogP contribution in [0.25, 0.3) is 0 Å². The number of hydrogen-bond donors (Lipinski definition) is 2. The number of carbonyl (C=O) groups excluding carboxylic acids is 2. The van der Waals surface area contributed by atoms with Crippen LogP contribution in [0.2, 0.25) is 5.02 Å². The summed E-state index contributed by atoms with van der Waals surface area (Å²) in [4.78, 5) is 26.0. The van der Waals surface area contributed by atoms with Gasteiger partial charge in [-0.15, -0.1) is 11.3 Å². The van der Waals surface area contributed by atoms with Gasteiger partial charge in [0.1, 0.15) is 10.8 Å². The smallest absolute Gasteiger partial charge is 0.260 e. The highest BCUT2D eigenvalue weighted by Crippen LogP contribution is 2.41. The minimum absolute atomic E-state index is 0.315. The van der Waals surface area contributed by atoms with E-state index in [1.165, 1.54) is 24.9 Å². The van der Waals surface area contributed by atoms with Crippen molar-refractivity contribution < 1.29 is 14.3 Å². The van der Waals surface area contributed by atoms with Gasteiger partial charge in [-0.2, -0.15) is 0 Å². The van der Waals surface area contributed by atoms with Crippen LogP contribution in [0.3, 0.4) is 0 Å². The number of thiophene rings is 1. The summed E-state index contributed by atoms with van der Waals surface area (Å²) in [5, 5.41) is 3.80. The van der Waals surface area contributed by atoms with E-state index in [0.717, 1.165) is 36.1 Å². The number of hydrogen-bond acceptors (Lipinski definition) is 4. The molecule has 0 unspecified atom stereocenters. The molecule has 144 valence electrons. The number of benzene rings is 1. The van der Waals surface area contributed by atoms with E-state index < -0.39 is 5.91 Å². The van der Waals surface area contributed by atoms with Gasteiger partial charge >= 0.3 is 0 Å². The van der Waals surface area contributed by atoms with Crippen LogP contribution < -0.4 is 15.8 Å². The third-order valence-corrected chi connectivity index (χ3v) is 6.35. The molecule has 0 bridgehead atoms. The maximum absolute atomic E-state index is 12.8. The van der Waals surface area contributed by atoms with Gasteiger partial charge in [0.05, 0.1) is 18.2 Å². The second-order valence-corrected chi connectivity index (χ2v) is 8.31. The second kappa shape index (κ2) is 8.31. The Morgan fingerprint density at radius 1 is 1.41 bits per heavy atom. The van der Waals surface area contributed by atoms with Crippen LogP contribution in [-0.4, -0.2) is 18.9 Å². The maximum atomic E-state index is 12.8. The first kappa shape index (κ1) is 19.7. The van der Waals surface area contributed by atoms with Crippen LogP contribution in [-0.2, 0) is 12.8 Å².